The zero-order chi connectivity index (χ0) is 17.1. The van der Waals surface area contributed by atoms with Gasteiger partial charge in [-0.1, -0.05) is 53.6 Å². The summed E-state index contributed by atoms with van der Waals surface area (Å²) >= 11 is 0. The third kappa shape index (κ3) is 3.46. The second-order valence-electron chi connectivity index (χ2n) is 6.96. The molecule has 0 amide bonds. The number of hydrogen-bond donors (Lipinski definition) is 0. The summed E-state index contributed by atoms with van der Waals surface area (Å²) in [4.78, 5) is 2.52. The van der Waals surface area contributed by atoms with Crippen molar-refractivity contribution in [2.75, 3.05) is 4.90 Å². The van der Waals surface area contributed by atoms with E-state index in [0.29, 0.717) is 6.04 Å². The van der Waals surface area contributed by atoms with Gasteiger partial charge in [0.2, 0.25) is 0 Å². The van der Waals surface area contributed by atoms with Crippen molar-refractivity contribution in [3.63, 3.8) is 0 Å². The van der Waals surface area contributed by atoms with E-state index in [1.807, 2.05) is 6.08 Å². The van der Waals surface area contributed by atoms with E-state index in [1.165, 1.54) is 29.8 Å². The fraction of sp³-hybridized carbons (Fsp3) is 0.304. The highest BCUT2D eigenvalue weighted by Crippen LogP contribution is 2.36. The van der Waals surface area contributed by atoms with Crippen molar-refractivity contribution in [2.24, 2.45) is 0 Å². The van der Waals surface area contributed by atoms with Crippen LogP contribution in [-0.4, -0.2) is 6.04 Å². The lowest BCUT2D eigenvalue weighted by Gasteiger charge is -2.37. The molecule has 1 atom stereocenters. The van der Waals surface area contributed by atoms with Gasteiger partial charge < -0.3 is 4.90 Å². The number of hydrogen-bond acceptors (Lipinski definition) is 1. The molecule has 0 heterocycles. The van der Waals surface area contributed by atoms with Gasteiger partial charge in [-0.3, -0.25) is 0 Å². The normalized spacial score (nSPS) is 17.7. The van der Waals surface area contributed by atoms with Crippen molar-refractivity contribution in [1.29, 1.82) is 0 Å². The molecule has 0 fully saturated rings. The maximum absolute atomic E-state index is 3.86. The van der Waals surface area contributed by atoms with E-state index in [0.717, 1.165) is 12.0 Å². The molecular formula is C23H27N. The number of rotatable bonds is 4. The number of allylic oxidation sites excluding steroid dienone is 1. The quantitative estimate of drug-likeness (QED) is 0.569. The summed E-state index contributed by atoms with van der Waals surface area (Å²) in [5.41, 5.74) is 8.13. The third-order valence-electron chi connectivity index (χ3n) is 5.21. The average Bonchev–Trinajstić information content (AvgIpc) is 2.60. The van der Waals surface area contributed by atoms with Gasteiger partial charge in [0.05, 0.1) is 0 Å². The molecule has 1 nitrogen and oxygen atoms in total. The molecule has 2 aromatic rings. The van der Waals surface area contributed by atoms with Gasteiger partial charge in [-0.25, -0.2) is 0 Å². The smallest absolute Gasteiger partial charge is 0.0413 e. The van der Waals surface area contributed by atoms with Crippen LogP contribution < -0.4 is 4.90 Å². The van der Waals surface area contributed by atoms with E-state index in [2.05, 4.69) is 80.8 Å². The van der Waals surface area contributed by atoms with Gasteiger partial charge in [0, 0.05) is 17.4 Å². The molecule has 0 saturated carbocycles. The van der Waals surface area contributed by atoms with Crippen LogP contribution in [0.15, 0.2) is 66.3 Å². The van der Waals surface area contributed by atoms with Gasteiger partial charge in [0.15, 0.2) is 0 Å². The molecule has 24 heavy (non-hydrogen) atoms. The minimum absolute atomic E-state index is 0.519. The Labute approximate surface area is 146 Å². The summed E-state index contributed by atoms with van der Waals surface area (Å²) in [5.74, 6) is 0. The second kappa shape index (κ2) is 7.09. The van der Waals surface area contributed by atoms with Gasteiger partial charge in [-0.15, -0.1) is 0 Å². The Hall–Kier alpha value is -2.28. The molecule has 1 aliphatic rings. The van der Waals surface area contributed by atoms with Crippen LogP contribution in [0.1, 0.15) is 44.2 Å². The third-order valence-corrected chi connectivity index (χ3v) is 5.21. The largest absolute Gasteiger partial charge is 0.338 e. The molecule has 3 rings (SSSR count). The molecule has 0 aliphatic heterocycles. The van der Waals surface area contributed by atoms with E-state index in [9.17, 15) is 0 Å². The number of benzene rings is 2. The Bertz CT molecular complexity index is 735. The minimum atomic E-state index is 0.519. The van der Waals surface area contributed by atoms with Gasteiger partial charge in [-0.2, -0.15) is 0 Å². The summed E-state index contributed by atoms with van der Waals surface area (Å²) in [6.45, 7) is 10.6. The number of nitrogens with zero attached hydrogens (tertiary/aromatic N) is 1. The maximum atomic E-state index is 3.86. The Balaban J connectivity index is 2.00. The van der Waals surface area contributed by atoms with Gasteiger partial charge >= 0.3 is 0 Å². The first-order chi connectivity index (χ1) is 11.6. The van der Waals surface area contributed by atoms with Crippen LogP contribution in [0.5, 0.6) is 0 Å². The second-order valence-corrected chi connectivity index (χ2v) is 6.96. The lowest BCUT2D eigenvalue weighted by atomic mass is 9.88. The first-order valence-corrected chi connectivity index (χ1v) is 8.82. The molecule has 0 aromatic heterocycles. The van der Waals surface area contributed by atoms with Crippen molar-refractivity contribution >= 4 is 17.5 Å². The van der Waals surface area contributed by atoms with E-state index in [4.69, 9.17) is 0 Å². The summed E-state index contributed by atoms with van der Waals surface area (Å²) in [7, 11) is 0. The molecule has 1 unspecified atom stereocenters. The predicted molar refractivity (Wildman–Crippen MR) is 106 cm³/mol. The van der Waals surface area contributed by atoms with E-state index in [-0.39, 0.29) is 0 Å². The Morgan fingerprint density at radius 1 is 0.875 bits per heavy atom. The molecule has 1 heteroatoms. The van der Waals surface area contributed by atoms with Crippen LogP contribution in [0.4, 0.5) is 11.4 Å². The van der Waals surface area contributed by atoms with Gasteiger partial charge in [0.1, 0.15) is 0 Å². The Morgan fingerprint density at radius 2 is 1.46 bits per heavy atom. The number of anilines is 2. The van der Waals surface area contributed by atoms with E-state index < -0.39 is 0 Å². The van der Waals surface area contributed by atoms with Crippen molar-refractivity contribution in [3.8, 4) is 0 Å². The zero-order valence-electron chi connectivity index (χ0n) is 15.0. The van der Waals surface area contributed by atoms with E-state index >= 15 is 0 Å². The molecule has 0 radical (unpaired) electrons. The first-order valence-electron chi connectivity index (χ1n) is 8.82. The first kappa shape index (κ1) is 16.6. The van der Waals surface area contributed by atoms with Crippen molar-refractivity contribution in [3.05, 3.63) is 77.4 Å². The summed E-state index contributed by atoms with van der Waals surface area (Å²) in [5, 5.41) is 0. The highest BCUT2D eigenvalue weighted by atomic mass is 15.2. The highest BCUT2D eigenvalue weighted by Gasteiger charge is 2.24. The number of aryl methyl sites for hydroxylation is 1. The van der Waals surface area contributed by atoms with Crippen molar-refractivity contribution < 1.29 is 0 Å². The average molecular weight is 317 g/mol. The standard InChI is InChI=1S/C23H27N/c1-5-20-9-14-22(15-10-20)24(21-11-6-17(2)7-12-21)23-13-8-18(3)19(4)16-23/h5-7,9-12,14-15,23H,1,8,13,16H2,2-4H3. The lowest BCUT2D eigenvalue weighted by Crippen LogP contribution is -2.33. The molecule has 124 valence electrons. The zero-order valence-corrected chi connectivity index (χ0v) is 15.0. The monoisotopic (exact) mass is 317 g/mol. The summed E-state index contributed by atoms with van der Waals surface area (Å²) in [6, 6.07) is 18.2. The molecule has 0 spiro atoms. The predicted octanol–water partition coefficient (Wildman–Crippen LogP) is 6.67. The van der Waals surface area contributed by atoms with Gasteiger partial charge in [-0.05, 0) is 69.9 Å². The van der Waals surface area contributed by atoms with Crippen LogP contribution in [0.3, 0.4) is 0 Å². The lowest BCUT2D eigenvalue weighted by molar-refractivity contribution is 0.557. The van der Waals surface area contributed by atoms with Gasteiger partial charge in [0.25, 0.3) is 0 Å². The fourth-order valence-electron chi connectivity index (χ4n) is 3.49. The highest BCUT2D eigenvalue weighted by molar-refractivity contribution is 5.66. The Morgan fingerprint density at radius 3 is 2.00 bits per heavy atom. The maximum Gasteiger partial charge on any atom is 0.0413 e. The van der Waals surface area contributed by atoms with Crippen LogP contribution in [0.2, 0.25) is 0 Å². The topological polar surface area (TPSA) is 3.24 Å². The SMILES string of the molecule is C=Cc1ccc(N(c2ccc(C)cc2)C2CCC(C)=C(C)C2)cc1. The molecule has 1 aliphatic carbocycles. The van der Waals surface area contributed by atoms with E-state index in [1.54, 1.807) is 11.1 Å². The molecule has 0 saturated heterocycles. The molecule has 2 aromatic carbocycles. The van der Waals surface area contributed by atoms with Crippen LogP contribution in [0.25, 0.3) is 6.08 Å². The van der Waals surface area contributed by atoms with Crippen molar-refractivity contribution in [2.45, 2.75) is 46.1 Å². The van der Waals surface area contributed by atoms with Crippen molar-refractivity contribution in [1.82, 2.24) is 0 Å². The summed E-state index contributed by atoms with van der Waals surface area (Å²) < 4.78 is 0. The van der Waals surface area contributed by atoms with Crippen LogP contribution >= 0.6 is 0 Å². The summed E-state index contributed by atoms with van der Waals surface area (Å²) in [6.07, 6.45) is 5.45. The Kier molecular flexibility index (Phi) is 4.89. The fourth-order valence-corrected chi connectivity index (χ4v) is 3.49. The molecular weight excluding hydrogens is 290 g/mol. The van der Waals surface area contributed by atoms with Crippen LogP contribution in [0, 0.1) is 6.92 Å². The van der Waals surface area contributed by atoms with Crippen LogP contribution in [-0.2, 0) is 0 Å². The minimum Gasteiger partial charge on any atom is -0.338 e. The molecule has 0 N–H and O–H groups in total. The molecule has 0 bridgehead atoms.